The fourth-order valence-corrected chi connectivity index (χ4v) is 0.167. The molecule has 1 fully saturated rings. The first-order valence-electron chi connectivity index (χ1n) is 2.46. The topological polar surface area (TPSA) is 43.1 Å². The molecule has 0 aromatic rings. The number of primary amides is 1. The molecule has 0 aliphatic heterocycles. The van der Waals surface area contributed by atoms with Crippen LogP contribution >= 0.6 is 0 Å². The summed E-state index contributed by atoms with van der Waals surface area (Å²) in [7, 11) is 0. The number of amides is 1. The number of rotatable bonds is 0. The van der Waals surface area contributed by atoms with Crippen LogP contribution in [0, 0.1) is 5.92 Å². The van der Waals surface area contributed by atoms with Crippen molar-refractivity contribution in [3.63, 3.8) is 0 Å². The molecular weight excluding hydrogens is 90.1 g/mol. The van der Waals surface area contributed by atoms with Crippen molar-refractivity contribution >= 4 is 6.41 Å². The number of nitrogens with two attached hydrogens (primary N) is 1. The van der Waals surface area contributed by atoms with Gasteiger partial charge in [0.15, 0.2) is 0 Å². The second-order valence-electron chi connectivity index (χ2n) is 1.82. The average Bonchev–Trinajstić information content (AvgIpc) is 2.25. The second-order valence-corrected chi connectivity index (χ2v) is 1.82. The summed E-state index contributed by atoms with van der Waals surface area (Å²) in [5, 5.41) is 0. The van der Waals surface area contributed by atoms with Crippen molar-refractivity contribution < 1.29 is 4.79 Å². The lowest BCUT2D eigenvalue weighted by Crippen LogP contribution is -1.82. The number of hydrogen-bond donors (Lipinski definition) is 1. The van der Waals surface area contributed by atoms with Crippen LogP contribution in [0.3, 0.4) is 0 Å². The molecule has 2 heteroatoms. The van der Waals surface area contributed by atoms with Crippen molar-refractivity contribution in [2.75, 3.05) is 0 Å². The molecule has 0 aromatic carbocycles. The standard InChI is InChI=1S/C4H8.CH3NO/c1-4-2-3-4;2-1-3/h4H,2-3H2,1H3;1H,(H2,2,3). The molecular formula is C5H11NO. The highest BCUT2D eigenvalue weighted by Gasteiger charge is 2.12. The third-order valence-electron chi connectivity index (χ3n) is 0.866. The molecule has 7 heavy (non-hydrogen) atoms. The average molecular weight is 101 g/mol. The van der Waals surface area contributed by atoms with Gasteiger partial charge in [-0.25, -0.2) is 0 Å². The van der Waals surface area contributed by atoms with Crippen LogP contribution in [0.5, 0.6) is 0 Å². The summed E-state index contributed by atoms with van der Waals surface area (Å²) in [6, 6.07) is 0. The van der Waals surface area contributed by atoms with Crippen molar-refractivity contribution in [2.45, 2.75) is 19.8 Å². The maximum Gasteiger partial charge on any atom is 0.204 e. The van der Waals surface area contributed by atoms with Gasteiger partial charge in [0, 0.05) is 0 Å². The molecule has 2 nitrogen and oxygen atoms in total. The van der Waals surface area contributed by atoms with Crippen LogP contribution in [-0.2, 0) is 4.79 Å². The lowest BCUT2D eigenvalue weighted by molar-refractivity contribution is -0.106. The molecule has 0 bridgehead atoms. The van der Waals surface area contributed by atoms with Gasteiger partial charge in [-0.05, 0) is 5.92 Å². The first-order valence-corrected chi connectivity index (χ1v) is 2.46. The Morgan fingerprint density at radius 2 is 1.86 bits per heavy atom. The zero-order chi connectivity index (χ0) is 5.70. The minimum absolute atomic E-state index is 0.250. The molecule has 1 aliphatic carbocycles. The summed E-state index contributed by atoms with van der Waals surface area (Å²) < 4.78 is 0. The zero-order valence-electron chi connectivity index (χ0n) is 4.55. The molecule has 0 aromatic heterocycles. The first kappa shape index (κ1) is 6.47. The highest BCUT2D eigenvalue weighted by molar-refractivity contribution is 5.42. The van der Waals surface area contributed by atoms with Gasteiger partial charge in [0.2, 0.25) is 6.41 Å². The van der Waals surface area contributed by atoms with E-state index in [1.807, 2.05) is 0 Å². The van der Waals surface area contributed by atoms with Crippen molar-refractivity contribution in [2.24, 2.45) is 11.7 Å². The van der Waals surface area contributed by atoms with Crippen LogP contribution in [0.25, 0.3) is 0 Å². The zero-order valence-corrected chi connectivity index (χ0v) is 4.55. The van der Waals surface area contributed by atoms with E-state index in [-0.39, 0.29) is 6.41 Å². The molecule has 42 valence electrons. The van der Waals surface area contributed by atoms with Crippen LogP contribution in [-0.4, -0.2) is 6.41 Å². The monoisotopic (exact) mass is 101 g/mol. The molecule has 0 spiro atoms. The molecule has 2 N–H and O–H groups in total. The van der Waals surface area contributed by atoms with Gasteiger partial charge >= 0.3 is 0 Å². The lowest BCUT2D eigenvalue weighted by Gasteiger charge is -1.53. The fraction of sp³-hybridized carbons (Fsp3) is 0.800. The van der Waals surface area contributed by atoms with Gasteiger partial charge in [-0.2, -0.15) is 0 Å². The maximum atomic E-state index is 8.58. The first-order chi connectivity index (χ1) is 3.31. The Hall–Kier alpha value is -0.530. The Bertz CT molecular complexity index is 50.0. The highest BCUT2D eigenvalue weighted by atomic mass is 16.1. The van der Waals surface area contributed by atoms with Gasteiger partial charge in [0.25, 0.3) is 0 Å². The molecule has 0 radical (unpaired) electrons. The maximum absolute atomic E-state index is 8.58. The molecule has 0 saturated heterocycles. The fourth-order valence-electron chi connectivity index (χ4n) is 0.167. The van der Waals surface area contributed by atoms with Crippen LogP contribution < -0.4 is 5.73 Å². The van der Waals surface area contributed by atoms with Crippen molar-refractivity contribution in [1.82, 2.24) is 0 Å². The number of hydrogen-bond acceptors (Lipinski definition) is 1. The van der Waals surface area contributed by atoms with Crippen molar-refractivity contribution in [3.05, 3.63) is 0 Å². The Morgan fingerprint density at radius 1 is 1.71 bits per heavy atom. The minimum Gasteiger partial charge on any atom is -0.372 e. The Balaban J connectivity index is 0.000000110. The van der Waals surface area contributed by atoms with E-state index in [0.29, 0.717) is 0 Å². The van der Waals surface area contributed by atoms with Gasteiger partial charge in [0.05, 0.1) is 0 Å². The molecule has 1 saturated carbocycles. The number of carbonyl (C=O) groups is 1. The van der Waals surface area contributed by atoms with E-state index in [0.717, 1.165) is 5.92 Å². The van der Waals surface area contributed by atoms with Crippen molar-refractivity contribution in [3.8, 4) is 0 Å². The Kier molecular flexibility index (Phi) is 3.38. The molecule has 0 unspecified atom stereocenters. The van der Waals surface area contributed by atoms with Crippen molar-refractivity contribution in [1.29, 1.82) is 0 Å². The summed E-state index contributed by atoms with van der Waals surface area (Å²) in [4.78, 5) is 8.58. The summed E-state index contributed by atoms with van der Waals surface area (Å²) in [6.07, 6.45) is 3.22. The van der Waals surface area contributed by atoms with E-state index < -0.39 is 0 Å². The van der Waals surface area contributed by atoms with E-state index in [4.69, 9.17) is 4.79 Å². The van der Waals surface area contributed by atoms with Gasteiger partial charge in [0.1, 0.15) is 0 Å². The van der Waals surface area contributed by atoms with Crippen LogP contribution in [0.2, 0.25) is 0 Å². The summed E-state index contributed by atoms with van der Waals surface area (Å²) in [6.45, 7) is 2.28. The summed E-state index contributed by atoms with van der Waals surface area (Å²) in [5.74, 6) is 1.08. The van der Waals surface area contributed by atoms with Gasteiger partial charge in [-0.1, -0.05) is 19.8 Å². The molecule has 1 amide bonds. The second kappa shape index (κ2) is 3.65. The van der Waals surface area contributed by atoms with Gasteiger partial charge < -0.3 is 5.73 Å². The third-order valence-corrected chi connectivity index (χ3v) is 0.866. The van der Waals surface area contributed by atoms with Gasteiger partial charge in [-0.3, -0.25) is 4.79 Å². The molecule has 0 atom stereocenters. The third kappa shape index (κ3) is 10.8. The van der Waals surface area contributed by atoms with E-state index in [9.17, 15) is 0 Å². The molecule has 1 aliphatic rings. The van der Waals surface area contributed by atoms with Crippen LogP contribution in [0.4, 0.5) is 0 Å². The van der Waals surface area contributed by atoms with E-state index in [1.165, 1.54) is 12.8 Å². The summed E-state index contributed by atoms with van der Waals surface area (Å²) in [5.41, 5.74) is 4.17. The van der Waals surface area contributed by atoms with E-state index in [1.54, 1.807) is 0 Å². The predicted molar refractivity (Wildman–Crippen MR) is 28.6 cm³/mol. The quantitative estimate of drug-likeness (QED) is 0.444. The Labute approximate surface area is 43.7 Å². The smallest absolute Gasteiger partial charge is 0.204 e. The van der Waals surface area contributed by atoms with Crippen LogP contribution in [0.15, 0.2) is 0 Å². The number of carbonyl (C=O) groups excluding carboxylic acids is 1. The van der Waals surface area contributed by atoms with E-state index in [2.05, 4.69) is 12.7 Å². The Morgan fingerprint density at radius 3 is 1.86 bits per heavy atom. The summed E-state index contributed by atoms with van der Waals surface area (Å²) >= 11 is 0. The SMILES string of the molecule is CC1CC1.NC=O. The normalized spacial score (nSPS) is 16.7. The predicted octanol–water partition coefficient (Wildman–Crippen LogP) is 0.518. The van der Waals surface area contributed by atoms with Gasteiger partial charge in [-0.15, -0.1) is 0 Å². The molecule has 1 rings (SSSR count). The van der Waals surface area contributed by atoms with Crippen LogP contribution in [0.1, 0.15) is 19.8 Å². The highest BCUT2D eigenvalue weighted by Crippen LogP contribution is 2.26. The largest absolute Gasteiger partial charge is 0.372 e. The van der Waals surface area contributed by atoms with E-state index >= 15 is 0 Å². The molecule has 0 heterocycles. The minimum atomic E-state index is 0.250. The lowest BCUT2D eigenvalue weighted by atomic mass is 10.5.